The van der Waals surface area contributed by atoms with Crippen LogP contribution in [0, 0.1) is 0 Å². The van der Waals surface area contributed by atoms with Crippen LogP contribution in [0.1, 0.15) is 11.3 Å². The highest BCUT2D eigenvalue weighted by Crippen LogP contribution is 2.03. The monoisotopic (exact) mass is 212 g/mol. The van der Waals surface area contributed by atoms with Crippen LogP contribution in [0.15, 0.2) is 18.3 Å². The van der Waals surface area contributed by atoms with E-state index in [1.54, 1.807) is 18.3 Å². The quantitative estimate of drug-likeness (QED) is 0.747. The Bertz CT molecular complexity index is 327. The van der Waals surface area contributed by atoms with Gasteiger partial charge in [0.15, 0.2) is 0 Å². The second-order valence-electron chi connectivity index (χ2n) is 3.25. The van der Waals surface area contributed by atoms with Gasteiger partial charge in [-0.2, -0.15) is 0 Å². The van der Waals surface area contributed by atoms with Crippen LogP contribution in [0.25, 0.3) is 0 Å². The highest BCUT2D eigenvalue weighted by Gasteiger charge is 2.12. The first-order chi connectivity index (χ1) is 7.13. The lowest BCUT2D eigenvalue weighted by molar-refractivity contribution is -0.138. The number of aliphatic carboxylic acids is 1. The van der Waals surface area contributed by atoms with Crippen LogP contribution in [0.4, 0.5) is 4.39 Å². The van der Waals surface area contributed by atoms with Gasteiger partial charge in [0.1, 0.15) is 6.04 Å². The summed E-state index contributed by atoms with van der Waals surface area (Å²) in [5.74, 6) is -1.05. The second-order valence-corrected chi connectivity index (χ2v) is 3.25. The molecular formula is C10H13FN2O2. The fraction of sp³-hybridized carbons (Fsp3) is 0.400. The minimum atomic E-state index is -1.05. The van der Waals surface area contributed by atoms with Crippen LogP contribution in [0.3, 0.4) is 0 Å². The maximum Gasteiger partial charge on any atom is 0.320 e. The molecule has 1 aromatic heterocycles. The van der Waals surface area contributed by atoms with Crippen LogP contribution >= 0.6 is 0 Å². The molecule has 1 rings (SSSR count). The molecule has 1 atom stereocenters. The topological polar surface area (TPSA) is 76.2 Å². The van der Waals surface area contributed by atoms with Gasteiger partial charge in [-0.3, -0.25) is 14.2 Å². The van der Waals surface area contributed by atoms with E-state index >= 15 is 0 Å². The lowest BCUT2D eigenvalue weighted by atomic mass is 10.1. The lowest BCUT2D eigenvalue weighted by Crippen LogP contribution is -2.32. The van der Waals surface area contributed by atoms with E-state index in [0.29, 0.717) is 12.1 Å². The molecule has 1 aromatic rings. The zero-order valence-corrected chi connectivity index (χ0v) is 8.19. The highest BCUT2D eigenvalue weighted by molar-refractivity contribution is 5.73. The number of hydrogen-bond acceptors (Lipinski definition) is 3. The number of nitrogens with zero attached hydrogens (tertiary/aromatic N) is 1. The molecule has 0 saturated carbocycles. The van der Waals surface area contributed by atoms with Gasteiger partial charge in [0.2, 0.25) is 0 Å². The normalized spacial score (nSPS) is 12.4. The Morgan fingerprint density at radius 3 is 2.80 bits per heavy atom. The molecule has 0 aliphatic heterocycles. The number of nitrogens with two attached hydrogens (primary N) is 1. The van der Waals surface area contributed by atoms with E-state index in [9.17, 15) is 9.18 Å². The van der Waals surface area contributed by atoms with Crippen LogP contribution in [0.2, 0.25) is 0 Å². The van der Waals surface area contributed by atoms with Crippen molar-refractivity contribution in [2.45, 2.75) is 18.9 Å². The number of pyridine rings is 1. The van der Waals surface area contributed by atoms with E-state index in [4.69, 9.17) is 10.8 Å². The first-order valence-corrected chi connectivity index (χ1v) is 4.61. The number of carboxylic acid groups (broad SMARTS) is 1. The summed E-state index contributed by atoms with van der Waals surface area (Å²) in [6.07, 6.45) is 2.06. The van der Waals surface area contributed by atoms with Crippen molar-refractivity contribution in [3.05, 3.63) is 29.6 Å². The summed E-state index contributed by atoms with van der Waals surface area (Å²) in [5, 5.41) is 8.58. The summed E-state index contributed by atoms with van der Waals surface area (Å²) in [4.78, 5) is 14.5. The number of hydrogen-bond donors (Lipinski definition) is 2. The molecule has 0 saturated heterocycles. The third kappa shape index (κ3) is 3.63. The van der Waals surface area contributed by atoms with Crippen molar-refractivity contribution < 1.29 is 14.3 Å². The van der Waals surface area contributed by atoms with Crippen molar-refractivity contribution in [1.82, 2.24) is 4.98 Å². The van der Waals surface area contributed by atoms with Gasteiger partial charge in [-0.05, 0) is 11.6 Å². The minimum Gasteiger partial charge on any atom is -0.480 e. The summed E-state index contributed by atoms with van der Waals surface area (Å²) >= 11 is 0. The summed E-state index contributed by atoms with van der Waals surface area (Å²) in [6, 6.07) is 2.47. The van der Waals surface area contributed by atoms with E-state index in [2.05, 4.69) is 4.98 Å². The van der Waals surface area contributed by atoms with Crippen LogP contribution in [0.5, 0.6) is 0 Å². The van der Waals surface area contributed by atoms with Crippen molar-refractivity contribution in [1.29, 1.82) is 0 Å². The molecule has 4 nitrogen and oxygen atoms in total. The zero-order valence-electron chi connectivity index (χ0n) is 8.19. The number of halogens is 1. The van der Waals surface area contributed by atoms with Gasteiger partial charge >= 0.3 is 5.97 Å². The Morgan fingerprint density at radius 2 is 2.33 bits per heavy atom. The van der Waals surface area contributed by atoms with Gasteiger partial charge in [0.25, 0.3) is 0 Å². The zero-order chi connectivity index (χ0) is 11.3. The summed E-state index contributed by atoms with van der Waals surface area (Å²) in [6.45, 7) is -0.421. The molecule has 1 heterocycles. The van der Waals surface area contributed by atoms with E-state index < -0.39 is 18.7 Å². The molecule has 0 amide bonds. The fourth-order valence-corrected chi connectivity index (χ4v) is 1.15. The van der Waals surface area contributed by atoms with E-state index in [0.717, 1.165) is 5.56 Å². The molecule has 15 heavy (non-hydrogen) atoms. The van der Waals surface area contributed by atoms with Crippen molar-refractivity contribution in [3.63, 3.8) is 0 Å². The summed E-state index contributed by atoms with van der Waals surface area (Å²) in [7, 11) is 0. The van der Waals surface area contributed by atoms with Crippen molar-refractivity contribution in [3.8, 4) is 0 Å². The third-order valence-corrected chi connectivity index (χ3v) is 2.02. The minimum absolute atomic E-state index is 0.186. The Morgan fingerprint density at radius 1 is 1.60 bits per heavy atom. The van der Waals surface area contributed by atoms with Crippen molar-refractivity contribution >= 4 is 5.97 Å². The first kappa shape index (κ1) is 11.6. The first-order valence-electron chi connectivity index (χ1n) is 4.61. The van der Waals surface area contributed by atoms with Crippen molar-refractivity contribution in [2.24, 2.45) is 5.73 Å². The van der Waals surface area contributed by atoms with Gasteiger partial charge in [-0.15, -0.1) is 0 Å². The van der Waals surface area contributed by atoms with Gasteiger partial charge < -0.3 is 10.8 Å². The van der Waals surface area contributed by atoms with Gasteiger partial charge in [0.05, 0.1) is 6.67 Å². The summed E-state index contributed by atoms with van der Waals surface area (Å²) < 4.78 is 12.0. The van der Waals surface area contributed by atoms with Gasteiger partial charge in [0, 0.05) is 24.7 Å². The molecule has 0 bridgehead atoms. The average molecular weight is 212 g/mol. The molecule has 0 radical (unpaired) electrons. The molecular weight excluding hydrogens is 199 g/mol. The lowest BCUT2D eigenvalue weighted by Gasteiger charge is -2.05. The fourth-order valence-electron chi connectivity index (χ4n) is 1.15. The van der Waals surface area contributed by atoms with E-state index in [1.165, 1.54) is 0 Å². The average Bonchev–Trinajstić information content (AvgIpc) is 2.21. The Labute approximate surface area is 86.9 Å². The highest BCUT2D eigenvalue weighted by atomic mass is 19.1. The number of carboxylic acids is 1. The second kappa shape index (κ2) is 5.41. The molecule has 0 aliphatic rings. The van der Waals surface area contributed by atoms with Crippen LogP contribution in [-0.2, 0) is 17.6 Å². The molecule has 0 fully saturated rings. The number of rotatable bonds is 5. The largest absolute Gasteiger partial charge is 0.480 e. The predicted octanol–water partition coefficient (Wildman–Crippen LogP) is 0.548. The SMILES string of the molecule is N[C@H](Cc1ccc(CCF)cn1)C(=O)O. The molecule has 0 spiro atoms. The van der Waals surface area contributed by atoms with Crippen LogP contribution in [-0.4, -0.2) is 28.8 Å². The Hall–Kier alpha value is -1.49. The predicted molar refractivity (Wildman–Crippen MR) is 53.2 cm³/mol. The number of aryl methyl sites for hydroxylation is 1. The Balaban J connectivity index is 2.60. The molecule has 0 aliphatic carbocycles. The van der Waals surface area contributed by atoms with E-state index in [-0.39, 0.29) is 6.42 Å². The third-order valence-electron chi connectivity index (χ3n) is 2.02. The summed E-state index contributed by atoms with van der Waals surface area (Å²) in [5.41, 5.74) is 6.75. The van der Waals surface area contributed by atoms with Gasteiger partial charge in [-0.25, -0.2) is 0 Å². The smallest absolute Gasteiger partial charge is 0.320 e. The number of carbonyl (C=O) groups is 1. The Kier molecular flexibility index (Phi) is 4.17. The molecule has 3 N–H and O–H groups in total. The van der Waals surface area contributed by atoms with E-state index in [1.807, 2.05) is 0 Å². The molecule has 0 unspecified atom stereocenters. The number of aromatic nitrogens is 1. The molecule has 5 heteroatoms. The van der Waals surface area contributed by atoms with Crippen LogP contribution < -0.4 is 5.73 Å². The van der Waals surface area contributed by atoms with Crippen molar-refractivity contribution in [2.75, 3.05) is 6.67 Å². The maximum atomic E-state index is 12.0. The van der Waals surface area contributed by atoms with Gasteiger partial charge in [-0.1, -0.05) is 6.07 Å². The molecule has 82 valence electrons. The molecule has 0 aromatic carbocycles. The maximum absolute atomic E-state index is 12.0. The number of alkyl halides is 1. The standard InChI is InChI=1S/C10H13FN2O2/c11-4-3-7-1-2-8(13-6-7)5-9(12)10(14)15/h1-2,6,9H,3-5,12H2,(H,14,15)/t9-/m1/s1.